The van der Waals surface area contributed by atoms with Crippen molar-refractivity contribution in [2.45, 2.75) is 168 Å². The molecule has 1 saturated heterocycles. The zero-order valence-electron chi connectivity index (χ0n) is 41.5. The summed E-state index contributed by atoms with van der Waals surface area (Å²) in [5, 5.41) is 28.0. The summed E-state index contributed by atoms with van der Waals surface area (Å²) in [7, 11) is -0.649. The van der Waals surface area contributed by atoms with Gasteiger partial charge in [-0.25, -0.2) is 0 Å². The molecule has 0 spiro atoms. The number of aliphatic hydroxyl groups is 2. The number of benzene rings is 2. The Morgan fingerprint density at radius 3 is 2.00 bits per heavy atom. The third kappa shape index (κ3) is 13.6. The highest BCUT2D eigenvalue weighted by molar-refractivity contribution is 6.47. The molecule has 69 heavy (non-hydrogen) atoms. The smallest absolute Gasteiger partial charge is 0.405 e. The van der Waals surface area contributed by atoms with Crippen LogP contribution in [0.25, 0.3) is 11.1 Å². The number of nitrogens with one attached hydrogen (secondary N) is 3. The summed E-state index contributed by atoms with van der Waals surface area (Å²) in [6.07, 6.45) is 1.66. The number of aryl methyl sites for hydroxylation is 1. The lowest BCUT2D eigenvalue weighted by Crippen LogP contribution is -2.65. The van der Waals surface area contributed by atoms with Crippen LogP contribution in [0.15, 0.2) is 48.5 Å². The lowest BCUT2D eigenvalue weighted by Gasteiger charge is -2.64. The molecule has 1 aliphatic heterocycles. The molecule has 2 bridgehead atoms. The molecule has 4 amide bonds. The third-order valence-corrected chi connectivity index (χ3v) is 14.9. The second-order valence-corrected chi connectivity index (χ2v) is 20.7. The van der Waals surface area contributed by atoms with Crippen LogP contribution in [0.4, 0.5) is 0 Å². The normalized spacial score (nSPS) is 23.1. The predicted molar refractivity (Wildman–Crippen MR) is 259 cm³/mol. The molecule has 16 nitrogen and oxygen atoms in total. The maximum absolute atomic E-state index is 13.6. The quantitative estimate of drug-likeness (QED) is 0.0530. The van der Waals surface area contributed by atoms with E-state index in [9.17, 15) is 48.6 Å². The van der Waals surface area contributed by atoms with E-state index >= 15 is 0 Å². The van der Waals surface area contributed by atoms with Gasteiger partial charge in [0.15, 0.2) is 23.1 Å². The number of primary amides is 1. The molecule has 3 aliphatic carbocycles. The van der Waals surface area contributed by atoms with E-state index in [4.69, 9.17) is 15.0 Å². The van der Waals surface area contributed by atoms with Crippen molar-refractivity contribution in [3.8, 4) is 11.1 Å². The van der Waals surface area contributed by atoms with E-state index in [1.165, 1.54) is 26.3 Å². The zero-order valence-corrected chi connectivity index (χ0v) is 41.5. The fourth-order valence-corrected chi connectivity index (χ4v) is 10.2. The van der Waals surface area contributed by atoms with Gasteiger partial charge in [0.25, 0.3) is 0 Å². The van der Waals surface area contributed by atoms with Crippen LogP contribution in [0.1, 0.15) is 136 Å². The van der Waals surface area contributed by atoms with Crippen LogP contribution in [-0.2, 0) is 49.3 Å². The van der Waals surface area contributed by atoms with Gasteiger partial charge in [-0.3, -0.25) is 38.4 Å². The summed E-state index contributed by atoms with van der Waals surface area (Å²) in [5.41, 5.74) is 8.68. The first-order valence-corrected chi connectivity index (χ1v) is 24.6. The number of rotatable bonds is 27. The standard InChI is InChI=1S/C52H73BN4O12/c1-9-10-11-33-12-14-34(15-13-33)35-16-18-36(19-17-35)41(61)24-37(28-58)50(67)55-31(4)40(60)20-21-47(65)57-48(32(5)59)43(63)22-29(2)49(66)56-39(27-46(54)64)42(62)23-30(3)53-68-45-26-38-25-44(51(38,6)7)52(45,8)69-53/h12-19,29-32,37-39,44-45,48,58-59H,9-11,20-28H2,1-8H3,(H2,54,64)(H,55,67)(H,56,66)(H,57,65)/t29-,30-,31-,32?,37-,38+,39+,44+,45-,48+,52+/m1/s1. The molecular formula is C52H73BN4O12. The number of Topliss-reactive ketones (excluding diaryl/α,β-unsaturated/α-hetero) is 4. The Bertz CT molecular complexity index is 2200. The lowest BCUT2D eigenvalue weighted by molar-refractivity contribution is -0.199. The van der Waals surface area contributed by atoms with Crippen molar-refractivity contribution in [2.75, 3.05) is 6.61 Å². The molecule has 4 aliphatic rings. The number of hydrogen-bond donors (Lipinski definition) is 6. The van der Waals surface area contributed by atoms with E-state index in [1.54, 1.807) is 12.1 Å². The van der Waals surface area contributed by atoms with E-state index in [-0.39, 0.29) is 36.6 Å². The van der Waals surface area contributed by atoms with E-state index in [1.807, 2.05) is 31.2 Å². The molecule has 7 N–H and O–H groups in total. The fourth-order valence-electron chi connectivity index (χ4n) is 10.2. The average Bonchev–Trinajstić information content (AvgIpc) is 3.68. The Morgan fingerprint density at radius 1 is 0.783 bits per heavy atom. The highest BCUT2D eigenvalue weighted by atomic mass is 16.7. The van der Waals surface area contributed by atoms with Crippen LogP contribution >= 0.6 is 0 Å². The van der Waals surface area contributed by atoms with Crippen molar-refractivity contribution in [3.63, 3.8) is 0 Å². The van der Waals surface area contributed by atoms with Crippen molar-refractivity contribution < 1.29 is 57.9 Å². The lowest BCUT2D eigenvalue weighted by atomic mass is 9.43. The molecule has 11 atom stereocenters. The first kappa shape index (κ1) is 54.8. The van der Waals surface area contributed by atoms with Crippen molar-refractivity contribution in [2.24, 2.45) is 34.8 Å². The molecule has 376 valence electrons. The monoisotopic (exact) mass is 957 g/mol. The second-order valence-electron chi connectivity index (χ2n) is 20.7. The maximum atomic E-state index is 13.6. The molecular weight excluding hydrogens is 883 g/mol. The summed E-state index contributed by atoms with van der Waals surface area (Å²) >= 11 is 0. The molecule has 0 radical (unpaired) electrons. The van der Waals surface area contributed by atoms with E-state index in [0.717, 1.165) is 43.2 Å². The Morgan fingerprint density at radius 2 is 1.42 bits per heavy atom. The largest absolute Gasteiger partial charge is 0.461 e. The van der Waals surface area contributed by atoms with Gasteiger partial charge in [-0.2, -0.15) is 0 Å². The average molecular weight is 957 g/mol. The highest BCUT2D eigenvalue weighted by Gasteiger charge is 2.68. The van der Waals surface area contributed by atoms with E-state index in [2.05, 4.69) is 55.8 Å². The van der Waals surface area contributed by atoms with Gasteiger partial charge in [-0.05, 0) is 86.2 Å². The zero-order chi connectivity index (χ0) is 51.0. The van der Waals surface area contributed by atoms with E-state index in [0.29, 0.717) is 17.4 Å². The maximum Gasteiger partial charge on any atom is 0.461 e. The summed E-state index contributed by atoms with van der Waals surface area (Å²) in [5.74, 6) is -6.77. The van der Waals surface area contributed by atoms with Gasteiger partial charge in [0, 0.05) is 43.6 Å². The molecule has 2 aromatic carbocycles. The molecule has 1 unspecified atom stereocenters. The first-order chi connectivity index (χ1) is 32.5. The number of hydrogen-bond acceptors (Lipinski definition) is 12. The van der Waals surface area contributed by atoms with Gasteiger partial charge >= 0.3 is 7.12 Å². The van der Waals surface area contributed by atoms with Crippen LogP contribution in [0.5, 0.6) is 0 Å². The topological polar surface area (TPSA) is 258 Å². The Balaban J connectivity index is 1.05. The highest BCUT2D eigenvalue weighted by Crippen LogP contribution is 2.66. The van der Waals surface area contributed by atoms with Crippen LogP contribution in [-0.4, -0.2) is 107 Å². The molecule has 2 aromatic rings. The number of carbonyl (C=O) groups excluding carboxylic acids is 8. The molecule has 4 fully saturated rings. The minimum Gasteiger partial charge on any atom is -0.405 e. The van der Waals surface area contributed by atoms with Gasteiger partial charge in [0.2, 0.25) is 23.6 Å². The van der Waals surface area contributed by atoms with Crippen molar-refractivity contribution in [1.82, 2.24) is 16.0 Å². The van der Waals surface area contributed by atoms with Crippen LogP contribution < -0.4 is 21.7 Å². The number of aliphatic hydroxyl groups excluding tert-OH is 2. The Kier molecular flexibility index (Phi) is 18.8. The van der Waals surface area contributed by atoms with Gasteiger partial charge in [-0.1, -0.05) is 89.6 Å². The van der Waals surface area contributed by atoms with Gasteiger partial charge in [-0.15, -0.1) is 0 Å². The minimum absolute atomic E-state index is 0.0735. The molecule has 6 rings (SSSR count). The van der Waals surface area contributed by atoms with E-state index < -0.39 is 121 Å². The number of ketones is 4. The summed E-state index contributed by atoms with van der Waals surface area (Å²) in [6.45, 7) is 14.0. The summed E-state index contributed by atoms with van der Waals surface area (Å²) in [4.78, 5) is 104. The number of unbranched alkanes of at least 4 members (excludes halogenated alkanes) is 1. The second kappa shape index (κ2) is 23.7. The predicted octanol–water partition coefficient (Wildman–Crippen LogP) is 4.63. The van der Waals surface area contributed by atoms with Crippen molar-refractivity contribution in [3.05, 3.63) is 59.7 Å². The SMILES string of the molecule is CCCCc1ccc(-c2ccc(C(=O)C[C@H](CO)C(=O)N[C@H](C)C(=O)CCC(=O)N[C@H](C(=O)C[C@@H](C)C(=O)N[C@@H](CC(N)=O)C(=O)C[C@@H](C)B3O[C@@H]4C[C@@H]5C[C@@H](C5(C)C)[C@]4(C)O3)C(C)O)cc2)cc1. The number of nitrogens with two attached hydrogens (primary N) is 1. The minimum atomic E-state index is -1.45. The van der Waals surface area contributed by atoms with Crippen molar-refractivity contribution >= 4 is 53.9 Å². The van der Waals surface area contributed by atoms with Crippen LogP contribution in [0.3, 0.4) is 0 Å². The molecule has 3 saturated carbocycles. The number of amides is 4. The first-order valence-electron chi connectivity index (χ1n) is 24.6. The number of carbonyl (C=O) groups is 8. The summed E-state index contributed by atoms with van der Waals surface area (Å²) in [6, 6.07) is 11.4. The van der Waals surface area contributed by atoms with Crippen LogP contribution in [0, 0.1) is 29.1 Å². The molecule has 17 heteroatoms. The van der Waals surface area contributed by atoms with Crippen LogP contribution in [0.2, 0.25) is 5.82 Å². The summed E-state index contributed by atoms with van der Waals surface area (Å²) < 4.78 is 12.8. The van der Waals surface area contributed by atoms with Gasteiger partial charge in [0.05, 0.1) is 48.8 Å². The molecule has 1 heterocycles. The Hall–Kier alpha value is -5.10. The fraction of sp³-hybridized carbons (Fsp3) is 0.615. The van der Waals surface area contributed by atoms with Crippen molar-refractivity contribution in [1.29, 1.82) is 0 Å². The third-order valence-electron chi connectivity index (χ3n) is 14.9. The Labute approximate surface area is 406 Å². The van der Waals surface area contributed by atoms with Gasteiger partial charge < -0.3 is 41.2 Å². The van der Waals surface area contributed by atoms with Gasteiger partial charge in [0.1, 0.15) is 6.04 Å². The molecule has 0 aromatic heterocycles.